The number of morpholine rings is 1. The van der Waals surface area contributed by atoms with Crippen LogP contribution in [0.1, 0.15) is 5.56 Å². The summed E-state index contributed by atoms with van der Waals surface area (Å²) in [6.45, 7) is 2.15. The molecule has 1 unspecified atom stereocenters. The lowest BCUT2D eigenvalue weighted by Gasteiger charge is -2.29. The van der Waals surface area contributed by atoms with Crippen LogP contribution in [0.25, 0.3) is 0 Å². The van der Waals surface area contributed by atoms with Gasteiger partial charge in [0.2, 0.25) is 0 Å². The first-order chi connectivity index (χ1) is 8.56. The Kier molecular flexibility index (Phi) is 4.78. The largest absolute Gasteiger partial charge is 0.368 e. The highest BCUT2D eigenvalue weighted by atomic mass is 79.9. The average molecular weight is 333 g/mol. The van der Waals surface area contributed by atoms with Crippen LogP contribution in [0.3, 0.4) is 0 Å². The number of Topliss-reactive ketones (excluding diaryl/α,β-unsaturated/α-hetero) is 1. The Bertz CT molecular complexity index is 453. The monoisotopic (exact) mass is 331 g/mol. The summed E-state index contributed by atoms with van der Waals surface area (Å²) in [4.78, 5) is 14.2. The van der Waals surface area contributed by atoms with E-state index in [1.54, 1.807) is 6.07 Å². The van der Waals surface area contributed by atoms with Gasteiger partial charge in [0.05, 0.1) is 6.61 Å². The summed E-state index contributed by atoms with van der Waals surface area (Å²) in [5.41, 5.74) is 0.849. The van der Waals surface area contributed by atoms with Crippen LogP contribution in [0, 0.1) is 0 Å². The minimum atomic E-state index is -0.330. The molecule has 1 aliphatic rings. The highest BCUT2D eigenvalue weighted by Gasteiger charge is 2.25. The van der Waals surface area contributed by atoms with Gasteiger partial charge in [-0.25, -0.2) is 0 Å². The maximum Gasteiger partial charge on any atom is 0.167 e. The zero-order valence-corrected chi connectivity index (χ0v) is 12.5. The number of halogens is 2. The van der Waals surface area contributed by atoms with Crippen molar-refractivity contribution in [3.63, 3.8) is 0 Å². The fraction of sp³-hybridized carbons (Fsp3) is 0.462. The first-order valence-electron chi connectivity index (χ1n) is 5.83. The summed E-state index contributed by atoms with van der Waals surface area (Å²) in [7, 11) is 2.00. The maximum absolute atomic E-state index is 12.1. The third kappa shape index (κ3) is 3.54. The molecular formula is C13H15BrClNO2. The Balaban J connectivity index is 2.02. The van der Waals surface area contributed by atoms with Gasteiger partial charge in [0, 0.05) is 29.0 Å². The van der Waals surface area contributed by atoms with Crippen LogP contribution in [0.15, 0.2) is 22.7 Å². The molecule has 0 aliphatic carbocycles. The molecule has 0 N–H and O–H groups in total. The number of nitrogens with zero attached hydrogens (tertiary/aromatic N) is 1. The smallest absolute Gasteiger partial charge is 0.167 e. The van der Waals surface area contributed by atoms with Gasteiger partial charge >= 0.3 is 0 Å². The molecule has 0 aromatic heterocycles. The molecule has 2 rings (SSSR count). The first-order valence-corrected chi connectivity index (χ1v) is 7.00. The van der Waals surface area contributed by atoms with Crippen molar-refractivity contribution in [2.45, 2.75) is 12.5 Å². The Labute approximate surface area is 120 Å². The minimum Gasteiger partial charge on any atom is -0.368 e. The Morgan fingerprint density at radius 1 is 1.61 bits per heavy atom. The van der Waals surface area contributed by atoms with E-state index in [1.807, 2.05) is 19.2 Å². The van der Waals surface area contributed by atoms with Gasteiger partial charge in [-0.3, -0.25) is 4.79 Å². The molecule has 1 aromatic carbocycles. The molecule has 0 amide bonds. The standard InChI is InChI=1S/C13H15BrClNO2/c1-16-4-5-18-13(8-16)12(17)6-9-2-3-10(14)7-11(9)15/h2-3,7,13H,4-6,8H2,1H3. The molecule has 1 aromatic rings. The van der Waals surface area contributed by atoms with Crippen LogP contribution in [-0.2, 0) is 16.0 Å². The number of likely N-dealkylation sites (N-methyl/N-ethyl adjacent to an activating group) is 1. The molecule has 5 heteroatoms. The molecule has 1 heterocycles. The molecule has 18 heavy (non-hydrogen) atoms. The first kappa shape index (κ1) is 14.0. The molecule has 0 bridgehead atoms. The lowest BCUT2D eigenvalue weighted by molar-refractivity contribution is -0.134. The summed E-state index contributed by atoms with van der Waals surface area (Å²) < 4.78 is 6.42. The molecule has 1 atom stereocenters. The Hall–Kier alpha value is -0.420. The van der Waals surface area contributed by atoms with Crippen molar-refractivity contribution >= 4 is 33.3 Å². The lowest BCUT2D eigenvalue weighted by atomic mass is 10.0. The molecule has 1 aliphatic heterocycles. The van der Waals surface area contributed by atoms with Gasteiger partial charge in [0.15, 0.2) is 5.78 Å². The Morgan fingerprint density at radius 2 is 2.39 bits per heavy atom. The SMILES string of the molecule is CN1CCOC(C(=O)Cc2ccc(Br)cc2Cl)C1. The van der Waals surface area contributed by atoms with Crippen LogP contribution in [0.2, 0.25) is 5.02 Å². The van der Waals surface area contributed by atoms with Crippen molar-refractivity contribution in [3.05, 3.63) is 33.3 Å². The van der Waals surface area contributed by atoms with E-state index in [-0.39, 0.29) is 11.9 Å². The molecular weight excluding hydrogens is 318 g/mol. The fourth-order valence-corrected chi connectivity index (χ4v) is 2.68. The molecule has 3 nitrogen and oxygen atoms in total. The van der Waals surface area contributed by atoms with Gasteiger partial charge < -0.3 is 9.64 Å². The second-order valence-electron chi connectivity index (χ2n) is 4.50. The van der Waals surface area contributed by atoms with Crippen molar-refractivity contribution in [1.82, 2.24) is 4.90 Å². The normalized spacial score (nSPS) is 20.9. The van der Waals surface area contributed by atoms with E-state index in [0.29, 0.717) is 24.6 Å². The van der Waals surface area contributed by atoms with E-state index in [1.165, 1.54) is 0 Å². The third-order valence-corrected chi connectivity index (χ3v) is 3.85. The number of carbonyl (C=O) groups excluding carboxylic acids is 1. The highest BCUT2D eigenvalue weighted by molar-refractivity contribution is 9.10. The van der Waals surface area contributed by atoms with Gasteiger partial charge in [0.1, 0.15) is 6.10 Å². The van der Waals surface area contributed by atoms with E-state index in [4.69, 9.17) is 16.3 Å². The van der Waals surface area contributed by atoms with E-state index in [2.05, 4.69) is 20.8 Å². The predicted molar refractivity (Wildman–Crippen MR) is 75.1 cm³/mol. The predicted octanol–water partition coefficient (Wildman–Crippen LogP) is 2.54. The number of hydrogen-bond acceptors (Lipinski definition) is 3. The number of ether oxygens (including phenoxy) is 1. The van der Waals surface area contributed by atoms with E-state index in [9.17, 15) is 4.79 Å². The number of ketones is 1. The van der Waals surface area contributed by atoms with Crippen LogP contribution >= 0.6 is 27.5 Å². The maximum atomic E-state index is 12.1. The van der Waals surface area contributed by atoms with Gasteiger partial charge in [0.25, 0.3) is 0 Å². The number of hydrogen-bond donors (Lipinski definition) is 0. The number of benzene rings is 1. The lowest BCUT2D eigenvalue weighted by Crippen LogP contribution is -2.44. The van der Waals surface area contributed by atoms with E-state index >= 15 is 0 Å². The number of rotatable bonds is 3. The quantitative estimate of drug-likeness (QED) is 0.852. The second-order valence-corrected chi connectivity index (χ2v) is 5.82. The van der Waals surface area contributed by atoms with Crippen LogP contribution in [0.5, 0.6) is 0 Å². The zero-order chi connectivity index (χ0) is 13.1. The van der Waals surface area contributed by atoms with E-state index in [0.717, 1.165) is 16.6 Å². The molecule has 0 spiro atoms. The van der Waals surface area contributed by atoms with Gasteiger partial charge in [-0.1, -0.05) is 33.6 Å². The van der Waals surface area contributed by atoms with Crippen LogP contribution in [0.4, 0.5) is 0 Å². The molecule has 1 fully saturated rings. The third-order valence-electron chi connectivity index (χ3n) is 3.01. The molecule has 0 saturated carbocycles. The summed E-state index contributed by atoms with van der Waals surface area (Å²) in [5.74, 6) is 0.0887. The van der Waals surface area contributed by atoms with Gasteiger partial charge in [-0.15, -0.1) is 0 Å². The van der Waals surface area contributed by atoms with E-state index < -0.39 is 0 Å². The highest BCUT2D eigenvalue weighted by Crippen LogP contribution is 2.22. The fourth-order valence-electron chi connectivity index (χ4n) is 1.94. The van der Waals surface area contributed by atoms with Crippen molar-refractivity contribution in [1.29, 1.82) is 0 Å². The summed E-state index contributed by atoms with van der Waals surface area (Å²) in [5, 5.41) is 0.613. The zero-order valence-electron chi connectivity index (χ0n) is 10.2. The average Bonchev–Trinajstić information content (AvgIpc) is 2.32. The van der Waals surface area contributed by atoms with Crippen molar-refractivity contribution in [2.75, 3.05) is 26.7 Å². The van der Waals surface area contributed by atoms with Crippen LogP contribution in [-0.4, -0.2) is 43.5 Å². The van der Waals surface area contributed by atoms with Crippen LogP contribution < -0.4 is 0 Å². The molecule has 0 radical (unpaired) electrons. The van der Waals surface area contributed by atoms with Gasteiger partial charge in [-0.05, 0) is 24.7 Å². The minimum absolute atomic E-state index is 0.0887. The Morgan fingerprint density at radius 3 is 3.06 bits per heavy atom. The molecule has 98 valence electrons. The summed E-state index contributed by atoms with van der Waals surface area (Å²) in [6, 6.07) is 5.57. The summed E-state index contributed by atoms with van der Waals surface area (Å²) in [6.07, 6.45) is -0.00610. The van der Waals surface area contributed by atoms with Crippen molar-refractivity contribution in [2.24, 2.45) is 0 Å². The topological polar surface area (TPSA) is 29.5 Å². The second kappa shape index (κ2) is 6.15. The molecule has 1 saturated heterocycles. The number of carbonyl (C=O) groups is 1. The summed E-state index contributed by atoms with van der Waals surface area (Å²) >= 11 is 9.45. The van der Waals surface area contributed by atoms with Crippen molar-refractivity contribution in [3.8, 4) is 0 Å². The van der Waals surface area contributed by atoms with Gasteiger partial charge in [-0.2, -0.15) is 0 Å². The van der Waals surface area contributed by atoms with Crippen molar-refractivity contribution < 1.29 is 9.53 Å².